The molecule has 0 unspecified atom stereocenters. The zero-order valence-corrected chi connectivity index (χ0v) is 12.7. The number of ether oxygens (including phenoxy) is 1. The summed E-state index contributed by atoms with van der Waals surface area (Å²) in [6.07, 6.45) is 3.72. The molecule has 0 bridgehead atoms. The molecule has 2 fully saturated rings. The van der Waals surface area contributed by atoms with Gasteiger partial charge in [0.15, 0.2) is 5.76 Å². The molecular weight excluding hydrogens is 268 g/mol. The molecule has 1 aromatic heterocycles. The molecule has 0 aliphatic carbocycles. The maximum Gasteiger partial charge on any atom is 0.289 e. The predicted molar refractivity (Wildman–Crippen MR) is 79.2 cm³/mol. The van der Waals surface area contributed by atoms with E-state index in [-0.39, 0.29) is 11.3 Å². The first-order valence-corrected chi connectivity index (χ1v) is 7.85. The molecule has 3 rings (SSSR count). The number of carbonyl (C=O) groups is 1. The molecule has 0 aromatic carbocycles. The summed E-state index contributed by atoms with van der Waals surface area (Å²) in [7, 11) is 0. The normalized spacial score (nSPS) is 27.8. The SMILES string of the molecule is CCN1CCOC[C@@]2(CCCN(C(=O)c3ccco3)C2)C1. The van der Waals surface area contributed by atoms with Gasteiger partial charge < -0.3 is 19.0 Å². The highest BCUT2D eigenvalue weighted by Crippen LogP contribution is 2.33. The smallest absolute Gasteiger partial charge is 0.289 e. The van der Waals surface area contributed by atoms with Crippen LogP contribution in [0.5, 0.6) is 0 Å². The number of likely N-dealkylation sites (N-methyl/N-ethyl adjacent to an activating group) is 1. The number of amides is 1. The lowest BCUT2D eigenvalue weighted by atomic mass is 9.80. The lowest BCUT2D eigenvalue weighted by Crippen LogP contribution is -2.52. The number of carbonyl (C=O) groups excluding carboxylic acids is 1. The maximum atomic E-state index is 12.5. The van der Waals surface area contributed by atoms with Crippen molar-refractivity contribution in [3.8, 4) is 0 Å². The van der Waals surface area contributed by atoms with Gasteiger partial charge in [0.2, 0.25) is 0 Å². The van der Waals surface area contributed by atoms with E-state index in [0.717, 1.165) is 58.8 Å². The van der Waals surface area contributed by atoms with Gasteiger partial charge in [-0.25, -0.2) is 0 Å². The molecule has 5 nitrogen and oxygen atoms in total. The largest absolute Gasteiger partial charge is 0.459 e. The average Bonchev–Trinajstić information content (AvgIpc) is 2.97. The van der Waals surface area contributed by atoms with Crippen molar-refractivity contribution in [1.82, 2.24) is 9.80 Å². The number of likely N-dealkylation sites (tertiary alicyclic amines) is 1. The Bertz CT molecular complexity index is 474. The number of hydrogen-bond donors (Lipinski definition) is 0. The zero-order valence-electron chi connectivity index (χ0n) is 12.7. The van der Waals surface area contributed by atoms with Crippen LogP contribution >= 0.6 is 0 Å². The maximum absolute atomic E-state index is 12.5. The number of furan rings is 1. The topological polar surface area (TPSA) is 45.9 Å². The van der Waals surface area contributed by atoms with Crippen molar-refractivity contribution in [2.75, 3.05) is 45.9 Å². The molecule has 1 aromatic rings. The van der Waals surface area contributed by atoms with Gasteiger partial charge in [-0.05, 0) is 31.5 Å². The van der Waals surface area contributed by atoms with Crippen molar-refractivity contribution in [3.05, 3.63) is 24.2 Å². The molecule has 0 saturated carbocycles. The molecule has 1 atom stereocenters. The summed E-state index contributed by atoms with van der Waals surface area (Å²) < 4.78 is 11.1. The van der Waals surface area contributed by atoms with Crippen molar-refractivity contribution in [2.24, 2.45) is 5.41 Å². The highest BCUT2D eigenvalue weighted by atomic mass is 16.5. The van der Waals surface area contributed by atoms with Gasteiger partial charge in [-0.2, -0.15) is 0 Å². The van der Waals surface area contributed by atoms with Crippen LogP contribution < -0.4 is 0 Å². The number of hydrogen-bond acceptors (Lipinski definition) is 4. The van der Waals surface area contributed by atoms with E-state index in [1.165, 1.54) is 0 Å². The number of piperidine rings is 1. The molecule has 0 N–H and O–H groups in total. The van der Waals surface area contributed by atoms with Crippen molar-refractivity contribution < 1.29 is 13.9 Å². The third-order valence-corrected chi connectivity index (χ3v) is 4.65. The summed E-state index contributed by atoms with van der Waals surface area (Å²) in [5.41, 5.74) is 0.0764. The summed E-state index contributed by atoms with van der Waals surface area (Å²) in [4.78, 5) is 16.9. The molecule has 3 heterocycles. The minimum absolute atomic E-state index is 0.00590. The highest BCUT2D eigenvalue weighted by molar-refractivity contribution is 5.91. The number of nitrogens with zero attached hydrogens (tertiary/aromatic N) is 2. The number of rotatable bonds is 2. The van der Waals surface area contributed by atoms with E-state index in [1.54, 1.807) is 18.4 Å². The molecule has 2 aliphatic heterocycles. The Morgan fingerprint density at radius 3 is 3.05 bits per heavy atom. The molecule has 0 radical (unpaired) electrons. The van der Waals surface area contributed by atoms with Crippen molar-refractivity contribution in [3.63, 3.8) is 0 Å². The van der Waals surface area contributed by atoms with Crippen LogP contribution in [-0.2, 0) is 4.74 Å². The van der Waals surface area contributed by atoms with Gasteiger partial charge in [0.1, 0.15) is 0 Å². The minimum Gasteiger partial charge on any atom is -0.459 e. The summed E-state index contributed by atoms with van der Waals surface area (Å²) >= 11 is 0. The quantitative estimate of drug-likeness (QED) is 0.834. The summed E-state index contributed by atoms with van der Waals surface area (Å²) in [5.74, 6) is 0.445. The van der Waals surface area contributed by atoms with Crippen LogP contribution in [0.2, 0.25) is 0 Å². The van der Waals surface area contributed by atoms with Gasteiger partial charge in [0.25, 0.3) is 5.91 Å². The van der Waals surface area contributed by atoms with E-state index < -0.39 is 0 Å². The Hall–Kier alpha value is -1.33. The molecule has 2 saturated heterocycles. The van der Waals surface area contributed by atoms with Gasteiger partial charge >= 0.3 is 0 Å². The van der Waals surface area contributed by atoms with E-state index in [0.29, 0.717) is 5.76 Å². The molecular formula is C16H24N2O3. The average molecular weight is 292 g/mol. The fraction of sp³-hybridized carbons (Fsp3) is 0.688. The first-order chi connectivity index (χ1) is 10.2. The lowest BCUT2D eigenvalue weighted by molar-refractivity contribution is 0.00647. The molecule has 21 heavy (non-hydrogen) atoms. The Balaban J connectivity index is 1.73. The van der Waals surface area contributed by atoms with E-state index in [9.17, 15) is 4.79 Å². The van der Waals surface area contributed by atoms with Crippen LogP contribution in [0.25, 0.3) is 0 Å². The Morgan fingerprint density at radius 1 is 1.38 bits per heavy atom. The van der Waals surface area contributed by atoms with Crippen LogP contribution in [0.15, 0.2) is 22.8 Å². The van der Waals surface area contributed by atoms with Crippen LogP contribution in [0.3, 0.4) is 0 Å². The molecule has 1 amide bonds. The van der Waals surface area contributed by atoms with Crippen molar-refractivity contribution in [2.45, 2.75) is 19.8 Å². The fourth-order valence-corrected chi connectivity index (χ4v) is 3.54. The van der Waals surface area contributed by atoms with Gasteiger partial charge in [-0.1, -0.05) is 6.92 Å². The molecule has 5 heteroatoms. The Morgan fingerprint density at radius 2 is 2.29 bits per heavy atom. The first-order valence-electron chi connectivity index (χ1n) is 7.85. The second-order valence-electron chi connectivity index (χ2n) is 6.23. The van der Waals surface area contributed by atoms with Crippen molar-refractivity contribution in [1.29, 1.82) is 0 Å². The third-order valence-electron chi connectivity index (χ3n) is 4.65. The molecule has 116 valence electrons. The van der Waals surface area contributed by atoms with Crippen molar-refractivity contribution >= 4 is 5.91 Å². The van der Waals surface area contributed by atoms with Crippen LogP contribution in [0.4, 0.5) is 0 Å². The molecule has 2 aliphatic rings. The highest BCUT2D eigenvalue weighted by Gasteiger charge is 2.40. The van der Waals surface area contributed by atoms with Gasteiger partial charge in [0, 0.05) is 31.6 Å². The lowest BCUT2D eigenvalue weighted by Gasteiger charge is -2.43. The zero-order chi connectivity index (χ0) is 14.7. The van der Waals surface area contributed by atoms with Gasteiger partial charge in [-0.3, -0.25) is 4.79 Å². The van der Waals surface area contributed by atoms with E-state index >= 15 is 0 Å². The monoisotopic (exact) mass is 292 g/mol. The fourth-order valence-electron chi connectivity index (χ4n) is 3.54. The molecule has 1 spiro atoms. The minimum atomic E-state index is 0.00590. The van der Waals surface area contributed by atoms with E-state index in [2.05, 4.69) is 11.8 Å². The Kier molecular flexibility index (Phi) is 4.31. The summed E-state index contributed by atoms with van der Waals surface area (Å²) in [5, 5.41) is 0. The van der Waals surface area contributed by atoms with Crippen LogP contribution in [-0.4, -0.2) is 61.6 Å². The summed E-state index contributed by atoms with van der Waals surface area (Å²) in [6, 6.07) is 3.51. The predicted octanol–water partition coefficient (Wildman–Crippen LogP) is 1.85. The third kappa shape index (κ3) is 3.14. The van der Waals surface area contributed by atoms with E-state index in [1.807, 2.05) is 4.90 Å². The second-order valence-corrected chi connectivity index (χ2v) is 6.23. The van der Waals surface area contributed by atoms with Gasteiger partial charge in [0.05, 0.1) is 19.5 Å². The Labute approximate surface area is 125 Å². The standard InChI is InChI=1S/C16H24N2O3/c1-2-17-8-10-20-13-16(11-17)6-4-7-18(12-16)15(19)14-5-3-9-21-14/h3,5,9H,2,4,6-8,10-13H2,1H3/t16-/m0/s1. The van der Waals surface area contributed by atoms with E-state index in [4.69, 9.17) is 9.15 Å². The first kappa shape index (κ1) is 14.6. The second kappa shape index (κ2) is 6.20. The van der Waals surface area contributed by atoms with Crippen LogP contribution in [0.1, 0.15) is 30.3 Å². The van der Waals surface area contributed by atoms with Crippen LogP contribution in [0, 0.1) is 5.41 Å². The summed E-state index contributed by atoms with van der Waals surface area (Å²) in [6.45, 7) is 8.37. The van der Waals surface area contributed by atoms with Gasteiger partial charge in [-0.15, -0.1) is 0 Å².